The number of carbonyl (C=O) groups is 2. The molecule has 0 saturated carbocycles. The number of carboxylic acid groups (broad SMARTS) is 1. The second-order valence-electron chi connectivity index (χ2n) is 5.02. The van der Waals surface area contributed by atoms with Crippen molar-refractivity contribution in [2.24, 2.45) is 11.7 Å². The molecule has 1 aliphatic rings. The van der Waals surface area contributed by atoms with Crippen LogP contribution in [-0.2, 0) is 9.59 Å². The molecule has 1 aliphatic heterocycles. The van der Waals surface area contributed by atoms with E-state index in [1.54, 1.807) is 0 Å². The van der Waals surface area contributed by atoms with Gasteiger partial charge in [-0.2, -0.15) is 0 Å². The minimum Gasteiger partial charge on any atom is -0.480 e. The lowest BCUT2D eigenvalue weighted by molar-refractivity contribution is -0.142. The lowest BCUT2D eigenvalue weighted by Gasteiger charge is -2.26. The maximum Gasteiger partial charge on any atom is 0.320 e. The summed E-state index contributed by atoms with van der Waals surface area (Å²) < 4.78 is 0. The van der Waals surface area contributed by atoms with Gasteiger partial charge in [-0.3, -0.25) is 14.5 Å². The maximum atomic E-state index is 11.1. The van der Waals surface area contributed by atoms with Gasteiger partial charge in [-0.05, 0) is 12.3 Å². The molecule has 0 aromatic heterocycles. The van der Waals surface area contributed by atoms with E-state index in [4.69, 9.17) is 10.8 Å². The van der Waals surface area contributed by atoms with E-state index < -0.39 is 12.0 Å². The molecule has 1 saturated heterocycles. The van der Waals surface area contributed by atoms with E-state index in [0.29, 0.717) is 26.1 Å². The summed E-state index contributed by atoms with van der Waals surface area (Å²) in [6.45, 7) is 5.40. The lowest BCUT2D eigenvalue weighted by atomic mass is 10.1. The van der Waals surface area contributed by atoms with Gasteiger partial charge in [0.1, 0.15) is 6.04 Å². The summed E-state index contributed by atoms with van der Waals surface area (Å²) in [4.78, 5) is 23.9. The van der Waals surface area contributed by atoms with E-state index in [1.807, 2.05) is 11.8 Å². The van der Waals surface area contributed by atoms with E-state index in [-0.39, 0.29) is 17.9 Å². The number of rotatable bonds is 6. The average Bonchev–Trinajstić information content (AvgIpc) is 2.65. The van der Waals surface area contributed by atoms with Gasteiger partial charge < -0.3 is 16.2 Å². The fourth-order valence-corrected chi connectivity index (χ4v) is 2.36. The summed E-state index contributed by atoms with van der Waals surface area (Å²) in [6.07, 6.45) is 1.41. The van der Waals surface area contributed by atoms with Crippen LogP contribution in [0.25, 0.3) is 0 Å². The number of carbonyl (C=O) groups excluding carboxylic acids is 1. The molecule has 1 fully saturated rings. The number of hydrogen-bond acceptors (Lipinski definition) is 4. The van der Waals surface area contributed by atoms with Crippen molar-refractivity contribution < 1.29 is 14.7 Å². The molecule has 0 spiro atoms. The number of carboxylic acids is 1. The van der Waals surface area contributed by atoms with Crippen molar-refractivity contribution >= 4 is 11.9 Å². The summed E-state index contributed by atoms with van der Waals surface area (Å²) in [5.41, 5.74) is 5.82. The summed E-state index contributed by atoms with van der Waals surface area (Å²) in [5, 5.41) is 11.9. The number of hydrogen-bond donors (Lipinski definition) is 3. The molecule has 0 radical (unpaired) electrons. The van der Waals surface area contributed by atoms with Crippen LogP contribution in [-0.4, -0.2) is 53.6 Å². The predicted molar refractivity (Wildman–Crippen MR) is 68.1 cm³/mol. The summed E-state index contributed by atoms with van der Waals surface area (Å²) in [6, 6.07) is -0.546. The van der Waals surface area contributed by atoms with Crippen LogP contribution in [0.5, 0.6) is 0 Å². The van der Waals surface area contributed by atoms with Crippen LogP contribution in [0.15, 0.2) is 0 Å². The first-order chi connectivity index (χ1) is 8.43. The number of amides is 1. The van der Waals surface area contributed by atoms with Gasteiger partial charge in [0.15, 0.2) is 0 Å². The van der Waals surface area contributed by atoms with Crippen LogP contribution >= 0.6 is 0 Å². The lowest BCUT2D eigenvalue weighted by Crippen LogP contribution is -2.42. The molecule has 1 amide bonds. The van der Waals surface area contributed by atoms with Crippen molar-refractivity contribution in [1.29, 1.82) is 0 Å². The van der Waals surface area contributed by atoms with Crippen LogP contribution in [0.3, 0.4) is 0 Å². The smallest absolute Gasteiger partial charge is 0.320 e. The van der Waals surface area contributed by atoms with Gasteiger partial charge in [0.2, 0.25) is 5.91 Å². The highest BCUT2D eigenvalue weighted by atomic mass is 16.4. The summed E-state index contributed by atoms with van der Waals surface area (Å²) >= 11 is 0. The Morgan fingerprint density at radius 1 is 1.56 bits per heavy atom. The van der Waals surface area contributed by atoms with Gasteiger partial charge in [0, 0.05) is 32.6 Å². The standard InChI is InChI=1S/C12H23N3O3/c1-3-9(5-14-8(2)16)6-15-7-10(13)4-11(15)12(17)18/h9-11H,3-7,13H2,1-2H3,(H,14,16)(H,17,18)/t9?,10-,11-/m1/s1. The van der Waals surface area contributed by atoms with Crippen LogP contribution in [0.1, 0.15) is 26.7 Å². The van der Waals surface area contributed by atoms with Crippen LogP contribution < -0.4 is 11.1 Å². The third kappa shape index (κ3) is 4.27. The molecule has 6 nitrogen and oxygen atoms in total. The molecule has 1 heterocycles. The van der Waals surface area contributed by atoms with E-state index in [0.717, 1.165) is 6.42 Å². The minimum absolute atomic E-state index is 0.0543. The zero-order valence-electron chi connectivity index (χ0n) is 11.1. The quantitative estimate of drug-likeness (QED) is 0.603. The van der Waals surface area contributed by atoms with Crippen molar-refractivity contribution in [3.8, 4) is 0 Å². The first-order valence-corrected chi connectivity index (χ1v) is 6.40. The van der Waals surface area contributed by atoms with E-state index in [9.17, 15) is 9.59 Å². The molecule has 1 unspecified atom stereocenters. The molecule has 0 aromatic carbocycles. The van der Waals surface area contributed by atoms with Crippen LogP contribution in [0, 0.1) is 5.92 Å². The third-order valence-electron chi connectivity index (χ3n) is 3.43. The Morgan fingerprint density at radius 2 is 2.22 bits per heavy atom. The largest absolute Gasteiger partial charge is 0.480 e. The number of aliphatic carboxylic acids is 1. The molecule has 0 bridgehead atoms. The molecule has 104 valence electrons. The Kier molecular flexibility index (Phi) is 5.55. The number of likely N-dealkylation sites (tertiary alicyclic amines) is 1. The van der Waals surface area contributed by atoms with Crippen molar-refractivity contribution in [1.82, 2.24) is 10.2 Å². The average molecular weight is 257 g/mol. The van der Waals surface area contributed by atoms with Crippen molar-refractivity contribution in [3.63, 3.8) is 0 Å². The Labute approximate surface area is 108 Å². The Morgan fingerprint density at radius 3 is 2.72 bits per heavy atom. The molecular weight excluding hydrogens is 234 g/mol. The van der Waals surface area contributed by atoms with E-state index in [2.05, 4.69) is 5.32 Å². The number of nitrogens with two attached hydrogens (primary N) is 1. The second kappa shape index (κ2) is 6.70. The number of nitrogens with zero attached hydrogens (tertiary/aromatic N) is 1. The molecule has 0 aromatic rings. The molecule has 1 rings (SSSR count). The molecular formula is C12H23N3O3. The first-order valence-electron chi connectivity index (χ1n) is 6.40. The van der Waals surface area contributed by atoms with Gasteiger partial charge in [-0.15, -0.1) is 0 Å². The highest BCUT2D eigenvalue weighted by molar-refractivity contribution is 5.74. The Balaban J connectivity index is 2.52. The second-order valence-corrected chi connectivity index (χ2v) is 5.02. The Hall–Kier alpha value is -1.14. The maximum absolute atomic E-state index is 11.1. The normalized spacial score (nSPS) is 25.9. The monoisotopic (exact) mass is 257 g/mol. The van der Waals surface area contributed by atoms with Crippen LogP contribution in [0.4, 0.5) is 0 Å². The van der Waals surface area contributed by atoms with Gasteiger partial charge >= 0.3 is 5.97 Å². The summed E-state index contributed by atoms with van der Waals surface area (Å²) in [7, 11) is 0. The highest BCUT2D eigenvalue weighted by Gasteiger charge is 2.35. The third-order valence-corrected chi connectivity index (χ3v) is 3.43. The minimum atomic E-state index is -0.808. The SMILES string of the molecule is CCC(CNC(C)=O)CN1C[C@H](N)C[C@@H]1C(=O)O. The molecule has 0 aliphatic carbocycles. The van der Waals surface area contributed by atoms with Crippen molar-refractivity contribution in [3.05, 3.63) is 0 Å². The topological polar surface area (TPSA) is 95.7 Å². The van der Waals surface area contributed by atoms with Crippen molar-refractivity contribution in [2.75, 3.05) is 19.6 Å². The van der Waals surface area contributed by atoms with Gasteiger partial charge in [-0.1, -0.05) is 13.3 Å². The number of nitrogens with one attached hydrogen (secondary N) is 1. The Bertz CT molecular complexity index is 309. The van der Waals surface area contributed by atoms with Gasteiger partial charge in [0.25, 0.3) is 0 Å². The summed E-state index contributed by atoms with van der Waals surface area (Å²) in [5.74, 6) is -0.597. The molecule has 18 heavy (non-hydrogen) atoms. The van der Waals surface area contributed by atoms with Crippen molar-refractivity contribution in [2.45, 2.75) is 38.8 Å². The molecule has 4 N–H and O–H groups in total. The van der Waals surface area contributed by atoms with E-state index >= 15 is 0 Å². The zero-order valence-corrected chi connectivity index (χ0v) is 11.1. The molecule has 3 atom stereocenters. The van der Waals surface area contributed by atoms with Gasteiger partial charge in [-0.25, -0.2) is 0 Å². The van der Waals surface area contributed by atoms with Gasteiger partial charge in [0.05, 0.1) is 0 Å². The predicted octanol–water partition coefficient (Wildman–Crippen LogP) is -0.365. The fourth-order valence-electron chi connectivity index (χ4n) is 2.36. The van der Waals surface area contributed by atoms with E-state index in [1.165, 1.54) is 6.92 Å². The first kappa shape index (κ1) is 14.9. The zero-order chi connectivity index (χ0) is 13.7. The highest BCUT2D eigenvalue weighted by Crippen LogP contribution is 2.19. The molecule has 6 heteroatoms. The fraction of sp³-hybridized carbons (Fsp3) is 0.833. The van der Waals surface area contributed by atoms with Crippen LogP contribution in [0.2, 0.25) is 0 Å².